The molecule has 0 saturated carbocycles. The van der Waals surface area contributed by atoms with Gasteiger partial charge in [0.2, 0.25) is 5.88 Å². The standard InChI is InChI=1S/C26H25N3O4/c1-15-5-7-17(8-6-15)14-29-16(2)11-22-24(26(29)30)23(20(13-27)25(28)33-22)19-12-18(31-3)9-10-21(19)32-4/h5-12,23H,14,28H2,1-4H3/t23-/m0/s1. The van der Waals surface area contributed by atoms with Gasteiger partial charge in [-0.05, 0) is 37.6 Å². The highest BCUT2D eigenvalue weighted by atomic mass is 16.5. The molecule has 2 heterocycles. The molecular weight excluding hydrogens is 418 g/mol. The minimum Gasteiger partial charge on any atom is -0.497 e. The van der Waals surface area contributed by atoms with Crippen LogP contribution in [0.25, 0.3) is 0 Å². The van der Waals surface area contributed by atoms with Gasteiger partial charge < -0.3 is 24.5 Å². The maximum atomic E-state index is 13.8. The molecule has 2 N–H and O–H groups in total. The number of fused-ring (bicyclic) bond motifs is 1. The molecule has 0 fully saturated rings. The van der Waals surface area contributed by atoms with E-state index < -0.39 is 5.92 Å². The van der Waals surface area contributed by atoms with Gasteiger partial charge in [-0.3, -0.25) is 4.79 Å². The Kier molecular flexibility index (Phi) is 5.84. The number of hydrogen-bond acceptors (Lipinski definition) is 6. The van der Waals surface area contributed by atoms with Crippen LogP contribution in [0, 0.1) is 25.2 Å². The van der Waals surface area contributed by atoms with Gasteiger partial charge in [-0.2, -0.15) is 5.26 Å². The summed E-state index contributed by atoms with van der Waals surface area (Å²) in [7, 11) is 3.09. The average molecular weight is 444 g/mol. The number of rotatable bonds is 5. The molecule has 0 aliphatic carbocycles. The third-order valence-corrected chi connectivity index (χ3v) is 5.90. The van der Waals surface area contributed by atoms with Crippen LogP contribution in [0.3, 0.4) is 0 Å². The number of nitriles is 1. The van der Waals surface area contributed by atoms with Crippen LogP contribution in [0.1, 0.15) is 33.9 Å². The van der Waals surface area contributed by atoms with E-state index in [1.165, 1.54) is 7.11 Å². The summed E-state index contributed by atoms with van der Waals surface area (Å²) in [4.78, 5) is 13.8. The molecule has 168 valence electrons. The molecule has 4 rings (SSSR count). The molecule has 1 aliphatic heterocycles. The molecule has 0 radical (unpaired) electrons. The Morgan fingerprint density at radius 3 is 2.45 bits per heavy atom. The van der Waals surface area contributed by atoms with Crippen LogP contribution < -0.4 is 25.5 Å². The number of allylic oxidation sites excluding steroid dienone is 1. The van der Waals surface area contributed by atoms with Crippen molar-refractivity contribution in [1.82, 2.24) is 4.57 Å². The highest BCUT2D eigenvalue weighted by Gasteiger charge is 2.36. The molecule has 7 heteroatoms. The van der Waals surface area contributed by atoms with Crippen LogP contribution in [0.2, 0.25) is 0 Å². The first-order valence-corrected chi connectivity index (χ1v) is 10.5. The van der Waals surface area contributed by atoms with E-state index in [0.717, 1.165) is 16.8 Å². The van der Waals surface area contributed by atoms with Crippen LogP contribution in [-0.4, -0.2) is 18.8 Å². The number of pyridine rings is 1. The van der Waals surface area contributed by atoms with Crippen molar-refractivity contribution in [2.24, 2.45) is 5.73 Å². The van der Waals surface area contributed by atoms with E-state index in [9.17, 15) is 10.1 Å². The monoisotopic (exact) mass is 443 g/mol. The molecule has 1 aliphatic rings. The fraction of sp³-hybridized carbons (Fsp3) is 0.231. The lowest BCUT2D eigenvalue weighted by Crippen LogP contribution is -2.33. The first kappa shape index (κ1) is 22.0. The number of nitrogens with two attached hydrogens (primary N) is 1. The van der Waals surface area contributed by atoms with Gasteiger partial charge in [-0.15, -0.1) is 0 Å². The number of aromatic nitrogens is 1. The van der Waals surface area contributed by atoms with Gasteiger partial charge in [0.15, 0.2) is 0 Å². The zero-order valence-electron chi connectivity index (χ0n) is 19.0. The number of aryl methyl sites for hydroxylation is 2. The van der Waals surface area contributed by atoms with E-state index in [2.05, 4.69) is 6.07 Å². The van der Waals surface area contributed by atoms with E-state index in [1.807, 2.05) is 38.1 Å². The van der Waals surface area contributed by atoms with Crippen molar-refractivity contribution < 1.29 is 14.2 Å². The summed E-state index contributed by atoms with van der Waals surface area (Å²) in [5.74, 6) is 0.626. The Morgan fingerprint density at radius 1 is 1.09 bits per heavy atom. The van der Waals surface area contributed by atoms with E-state index in [4.69, 9.17) is 19.9 Å². The largest absolute Gasteiger partial charge is 0.497 e. The van der Waals surface area contributed by atoms with Crippen LogP contribution in [0.15, 0.2) is 64.8 Å². The lowest BCUT2D eigenvalue weighted by Gasteiger charge is -2.28. The quantitative estimate of drug-likeness (QED) is 0.645. The highest BCUT2D eigenvalue weighted by molar-refractivity contribution is 5.59. The Labute approximate surface area is 192 Å². The van der Waals surface area contributed by atoms with E-state index in [0.29, 0.717) is 34.9 Å². The third-order valence-electron chi connectivity index (χ3n) is 5.90. The van der Waals surface area contributed by atoms with Crippen LogP contribution in [0.5, 0.6) is 17.2 Å². The number of benzene rings is 2. The minimum atomic E-state index is -0.763. The summed E-state index contributed by atoms with van der Waals surface area (Å²) in [5, 5.41) is 9.94. The maximum Gasteiger partial charge on any atom is 0.259 e. The summed E-state index contributed by atoms with van der Waals surface area (Å²) in [6.07, 6.45) is 0. The lowest BCUT2D eigenvalue weighted by molar-refractivity contribution is 0.380. The molecule has 3 aromatic rings. The second-order valence-corrected chi connectivity index (χ2v) is 7.97. The molecular formula is C26H25N3O4. The third kappa shape index (κ3) is 3.92. The number of hydrogen-bond donors (Lipinski definition) is 1. The van der Waals surface area contributed by atoms with Gasteiger partial charge in [0.1, 0.15) is 28.9 Å². The maximum absolute atomic E-state index is 13.8. The first-order chi connectivity index (χ1) is 15.9. The van der Waals surface area contributed by atoms with Crippen LogP contribution in [-0.2, 0) is 6.54 Å². The van der Waals surface area contributed by atoms with Gasteiger partial charge in [-0.1, -0.05) is 29.8 Å². The van der Waals surface area contributed by atoms with Crippen molar-refractivity contribution in [3.05, 3.63) is 98.3 Å². The lowest BCUT2D eigenvalue weighted by atomic mass is 9.83. The number of nitrogens with zero attached hydrogens (tertiary/aromatic N) is 2. The topological polar surface area (TPSA) is 99.5 Å². The predicted molar refractivity (Wildman–Crippen MR) is 125 cm³/mol. The Balaban J connectivity index is 1.96. The van der Waals surface area contributed by atoms with Crippen LogP contribution in [0.4, 0.5) is 0 Å². The fourth-order valence-electron chi connectivity index (χ4n) is 4.13. The highest BCUT2D eigenvalue weighted by Crippen LogP contribution is 2.44. The number of methoxy groups -OCH3 is 2. The summed E-state index contributed by atoms with van der Waals surface area (Å²) in [5.41, 5.74) is 9.83. The second kappa shape index (κ2) is 8.75. The molecule has 7 nitrogen and oxygen atoms in total. The summed E-state index contributed by atoms with van der Waals surface area (Å²) >= 11 is 0. The Hall–Kier alpha value is -4.18. The molecule has 1 aromatic heterocycles. The molecule has 0 saturated heterocycles. The van der Waals surface area contributed by atoms with Crippen molar-refractivity contribution in [2.75, 3.05) is 14.2 Å². The molecule has 0 unspecified atom stereocenters. The number of ether oxygens (including phenoxy) is 3. The predicted octanol–water partition coefficient (Wildman–Crippen LogP) is 3.75. The first-order valence-electron chi connectivity index (χ1n) is 10.5. The molecule has 1 atom stereocenters. The minimum absolute atomic E-state index is 0.0324. The van der Waals surface area contributed by atoms with Gasteiger partial charge in [0.05, 0.1) is 32.2 Å². The Morgan fingerprint density at radius 2 is 1.82 bits per heavy atom. The fourth-order valence-corrected chi connectivity index (χ4v) is 4.13. The van der Waals surface area contributed by atoms with Gasteiger partial charge in [0.25, 0.3) is 5.56 Å². The van der Waals surface area contributed by atoms with E-state index in [1.54, 1.807) is 35.9 Å². The summed E-state index contributed by atoms with van der Waals surface area (Å²) in [6.45, 7) is 4.26. The molecule has 2 aromatic carbocycles. The summed E-state index contributed by atoms with van der Waals surface area (Å²) in [6, 6.07) is 17.2. The Bertz CT molecular complexity index is 1350. The van der Waals surface area contributed by atoms with Gasteiger partial charge in [-0.25, -0.2) is 0 Å². The molecule has 33 heavy (non-hydrogen) atoms. The second-order valence-electron chi connectivity index (χ2n) is 7.97. The SMILES string of the molecule is COc1ccc(OC)c([C@H]2C(C#N)=C(N)Oc3cc(C)n(Cc4ccc(C)cc4)c(=O)c32)c1. The van der Waals surface area contributed by atoms with Crippen molar-refractivity contribution >= 4 is 0 Å². The van der Waals surface area contributed by atoms with Crippen LogP contribution >= 0.6 is 0 Å². The summed E-state index contributed by atoms with van der Waals surface area (Å²) < 4.78 is 18.4. The van der Waals surface area contributed by atoms with Crippen molar-refractivity contribution in [2.45, 2.75) is 26.3 Å². The molecule has 0 amide bonds. The molecule has 0 bridgehead atoms. The zero-order valence-corrected chi connectivity index (χ0v) is 19.0. The normalized spacial score (nSPS) is 14.8. The van der Waals surface area contributed by atoms with E-state index >= 15 is 0 Å². The van der Waals surface area contributed by atoms with Gasteiger partial charge >= 0.3 is 0 Å². The van der Waals surface area contributed by atoms with Gasteiger partial charge in [0, 0.05) is 17.3 Å². The average Bonchev–Trinajstić information content (AvgIpc) is 2.81. The smallest absolute Gasteiger partial charge is 0.259 e. The van der Waals surface area contributed by atoms with E-state index in [-0.39, 0.29) is 17.0 Å². The molecule has 0 spiro atoms. The van der Waals surface area contributed by atoms with Crippen molar-refractivity contribution in [1.29, 1.82) is 5.26 Å². The van der Waals surface area contributed by atoms with Crippen molar-refractivity contribution in [3.63, 3.8) is 0 Å². The van der Waals surface area contributed by atoms with Crippen molar-refractivity contribution in [3.8, 4) is 23.3 Å². The zero-order chi connectivity index (χ0) is 23.7.